The van der Waals surface area contributed by atoms with Crippen molar-refractivity contribution in [3.8, 4) is 0 Å². The van der Waals surface area contributed by atoms with Gasteiger partial charge in [0.15, 0.2) is 0 Å². The van der Waals surface area contributed by atoms with Crippen LogP contribution in [0.4, 0.5) is 0 Å². The first kappa shape index (κ1) is 12.3. The van der Waals surface area contributed by atoms with Crippen molar-refractivity contribution in [2.45, 2.75) is 32.9 Å². The van der Waals surface area contributed by atoms with E-state index in [2.05, 4.69) is 67.9 Å². The predicted molar refractivity (Wildman–Crippen MR) is 75.5 cm³/mol. The highest BCUT2D eigenvalue weighted by atomic mass is 32.1. The quantitative estimate of drug-likeness (QED) is 0.838. The van der Waals surface area contributed by atoms with Crippen LogP contribution in [0.25, 0.3) is 0 Å². The fourth-order valence-electron chi connectivity index (χ4n) is 2.16. The second-order valence-electron chi connectivity index (χ2n) is 4.48. The van der Waals surface area contributed by atoms with Crippen LogP contribution in [0, 0.1) is 6.92 Å². The van der Waals surface area contributed by atoms with Gasteiger partial charge in [-0.15, -0.1) is 11.3 Å². The van der Waals surface area contributed by atoms with E-state index in [1.54, 1.807) is 0 Å². The SMILES string of the molecule is Cc1ccccc1C(C)N[C@@H](C)c1cccs1. The van der Waals surface area contributed by atoms with Crippen LogP contribution in [0.1, 0.15) is 41.9 Å². The third-order valence-electron chi connectivity index (χ3n) is 3.12. The Morgan fingerprint density at radius 1 is 1.00 bits per heavy atom. The maximum Gasteiger partial charge on any atom is 0.0391 e. The van der Waals surface area contributed by atoms with E-state index < -0.39 is 0 Å². The molecule has 2 rings (SSSR count). The first-order valence-corrected chi connectivity index (χ1v) is 6.91. The molecular formula is C15H19NS. The number of nitrogens with one attached hydrogen (secondary N) is 1. The van der Waals surface area contributed by atoms with Gasteiger partial charge in [0.1, 0.15) is 0 Å². The van der Waals surface area contributed by atoms with E-state index in [1.807, 2.05) is 11.3 Å². The third kappa shape index (κ3) is 2.96. The lowest BCUT2D eigenvalue weighted by molar-refractivity contribution is 0.498. The Morgan fingerprint density at radius 3 is 2.41 bits per heavy atom. The van der Waals surface area contributed by atoms with Gasteiger partial charge in [0.2, 0.25) is 0 Å². The van der Waals surface area contributed by atoms with Crippen molar-refractivity contribution in [2.75, 3.05) is 0 Å². The number of rotatable bonds is 4. The zero-order valence-electron chi connectivity index (χ0n) is 10.6. The Kier molecular flexibility index (Phi) is 3.97. The van der Waals surface area contributed by atoms with Gasteiger partial charge >= 0.3 is 0 Å². The van der Waals surface area contributed by atoms with E-state index in [-0.39, 0.29) is 0 Å². The van der Waals surface area contributed by atoms with Gasteiger partial charge in [-0.2, -0.15) is 0 Å². The number of aryl methyl sites for hydroxylation is 1. The molecule has 1 nitrogen and oxygen atoms in total. The molecule has 2 aromatic rings. The van der Waals surface area contributed by atoms with Crippen molar-refractivity contribution >= 4 is 11.3 Å². The lowest BCUT2D eigenvalue weighted by atomic mass is 10.0. The van der Waals surface area contributed by atoms with Crippen LogP contribution < -0.4 is 5.32 Å². The molecule has 2 atom stereocenters. The molecule has 0 aliphatic carbocycles. The van der Waals surface area contributed by atoms with Gasteiger partial charge in [-0.3, -0.25) is 0 Å². The van der Waals surface area contributed by atoms with Crippen LogP contribution in [0.5, 0.6) is 0 Å². The Morgan fingerprint density at radius 2 is 1.76 bits per heavy atom. The molecular weight excluding hydrogens is 226 g/mol. The molecule has 0 fully saturated rings. The summed E-state index contributed by atoms with van der Waals surface area (Å²) in [4.78, 5) is 1.39. The molecule has 1 unspecified atom stereocenters. The molecule has 0 aliphatic rings. The number of benzene rings is 1. The molecule has 1 N–H and O–H groups in total. The van der Waals surface area contributed by atoms with Crippen LogP contribution in [0.3, 0.4) is 0 Å². The van der Waals surface area contributed by atoms with Crippen LogP contribution in [-0.2, 0) is 0 Å². The average Bonchev–Trinajstić information content (AvgIpc) is 2.82. The zero-order valence-corrected chi connectivity index (χ0v) is 11.4. The second-order valence-corrected chi connectivity index (χ2v) is 5.46. The van der Waals surface area contributed by atoms with Gasteiger partial charge < -0.3 is 5.32 Å². The van der Waals surface area contributed by atoms with E-state index in [9.17, 15) is 0 Å². The topological polar surface area (TPSA) is 12.0 Å². The van der Waals surface area contributed by atoms with E-state index in [4.69, 9.17) is 0 Å². The number of thiophene rings is 1. The first-order valence-electron chi connectivity index (χ1n) is 6.03. The van der Waals surface area contributed by atoms with Crippen LogP contribution >= 0.6 is 11.3 Å². The van der Waals surface area contributed by atoms with Crippen molar-refractivity contribution in [1.82, 2.24) is 5.32 Å². The smallest absolute Gasteiger partial charge is 0.0391 e. The fourth-order valence-corrected chi connectivity index (χ4v) is 2.90. The Bertz CT molecular complexity index is 462. The average molecular weight is 245 g/mol. The number of hydrogen-bond acceptors (Lipinski definition) is 2. The van der Waals surface area contributed by atoms with Crippen molar-refractivity contribution in [3.63, 3.8) is 0 Å². The normalized spacial score (nSPS) is 14.5. The van der Waals surface area contributed by atoms with Gasteiger partial charge in [-0.25, -0.2) is 0 Å². The van der Waals surface area contributed by atoms with Crippen LogP contribution in [-0.4, -0.2) is 0 Å². The minimum Gasteiger partial charge on any atom is -0.303 e. The molecule has 0 amide bonds. The van der Waals surface area contributed by atoms with E-state index >= 15 is 0 Å². The van der Waals surface area contributed by atoms with Gasteiger partial charge in [0.05, 0.1) is 0 Å². The summed E-state index contributed by atoms with van der Waals surface area (Å²) in [6, 6.07) is 13.7. The van der Waals surface area contributed by atoms with E-state index in [0.717, 1.165) is 0 Å². The van der Waals surface area contributed by atoms with Gasteiger partial charge in [-0.05, 0) is 43.3 Å². The monoisotopic (exact) mass is 245 g/mol. The summed E-state index contributed by atoms with van der Waals surface area (Å²) in [5.41, 5.74) is 2.74. The molecule has 2 heteroatoms. The zero-order chi connectivity index (χ0) is 12.3. The highest BCUT2D eigenvalue weighted by molar-refractivity contribution is 7.10. The van der Waals surface area contributed by atoms with Crippen LogP contribution in [0.2, 0.25) is 0 Å². The van der Waals surface area contributed by atoms with Gasteiger partial charge in [0.25, 0.3) is 0 Å². The summed E-state index contributed by atoms with van der Waals surface area (Å²) in [6.07, 6.45) is 0. The Balaban J connectivity index is 2.07. The maximum atomic E-state index is 3.65. The summed E-state index contributed by atoms with van der Waals surface area (Å²) in [5, 5.41) is 5.78. The summed E-state index contributed by atoms with van der Waals surface area (Å²) in [5.74, 6) is 0. The standard InChI is InChI=1S/C15H19NS/c1-11-7-4-5-8-14(11)12(2)16-13(3)15-9-6-10-17-15/h4-10,12-13,16H,1-3H3/t12?,13-/m0/s1. The highest BCUT2D eigenvalue weighted by Crippen LogP contribution is 2.23. The summed E-state index contributed by atoms with van der Waals surface area (Å²) in [6.45, 7) is 6.62. The van der Waals surface area contributed by atoms with Gasteiger partial charge in [0, 0.05) is 17.0 Å². The van der Waals surface area contributed by atoms with Crippen molar-refractivity contribution in [1.29, 1.82) is 0 Å². The molecule has 90 valence electrons. The maximum absolute atomic E-state index is 3.65. The molecule has 0 saturated carbocycles. The molecule has 17 heavy (non-hydrogen) atoms. The van der Waals surface area contributed by atoms with Crippen molar-refractivity contribution in [2.24, 2.45) is 0 Å². The molecule has 0 aliphatic heterocycles. The molecule has 0 saturated heterocycles. The highest BCUT2D eigenvalue weighted by Gasteiger charge is 2.12. The molecule has 0 radical (unpaired) electrons. The van der Waals surface area contributed by atoms with E-state index in [0.29, 0.717) is 12.1 Å². The number of hydrogen-bond donors (Lipinski definition) is 1. The van der Waals surface area contributed by atoms with Crippen molar-refractivity contribution < 1.29 is 0 Å². The van der Waals surface area contributed by atoms with Crippen LogP contribution in [0.15, 0.2) is 41.8 Å². The first-order chi connectivity index (χ1) is 8.18. The van der Waals surface area contributed by atoms with Gasteiger partial charge in [-0.1, -0.05) is 30.3 Å². The summed E-state index contributed by atoms with van der Waals surface area (Å²) >= 11 is 1.81. The summed E-state index contributed by atoms with van der Waals surface area (Å²) in [7, 11) is 0. The minimum atomic E-state index is 0.383. The Hall–Kier alpha value is -1.12. The third-order valence-corrected chi connectivity index (χ3v) is 4.18. The summed E-state index contributed by atoms with van der Waals surface area (Å²) < 4.78 is 0. The van der Waals surface area contributed by atoms with E-state index in [1.165, 1.54) is 16.0 Å². The Labute approximate surface area is 108 Å². The molecule has 1 heterocycles. The minimum absolute atomic E-state index is 0.383. The lowest BCUT2D eigenvalue weighted by Crippen LogP contribution is -2.22. The largest absolute Gasteiger partial charge is 0.303 e. The molecule has 0 bridgehead atoms. The fraction of sp³-hybridized carbons (Fsp3) is 0.333. The predicted octanol–water partition coefficient (Wildman–Crippen LogP) is 4.47. The lowest BCUT2D eigenvalue weighted by Gasteiger charge is -2.21. The molecule has 0 spiro atoms. The molecule has 1 aromatic heterocycles. The second kappa shape index (κ2) is 5.48. The molecule has 1 aromatic carbocycles. The van der Waals surface area contributed by atoms with Crippen molar-refractivity contribution in [3.05, 3.63) is 57.8 Å².